The highest BCUT2D eigenvalue weighted by molar-refractivity contribution is 5.98. The van der Waals surface area contributed by atoms with Crippen LogP contribution in [0.5, 0.6) is 5.75 Å². The van der Waals surface area contributed by atoms with Crippen molar-refractivity contribution in [1.82, 2.24) is 15.0 Å². The van der Waals surface area contributed by atoms with E-state index in [0.717, 1.165) is 18.2 Å². The molecule has 0 aliphatic heterocycles. The number of aromatic nitrogens is 3. The zero-order valence-electron chi connectivity index (χ0n) is 18.5. The van der Waals surface area contributed by atoms with Crippen LogP contribution in [-0.4, -0.2) is 34.5 Å². The molecule has 4 aromatic rings. The topological polar surface area (TPSA) is 103 Å². The number of rotatable bonds is 9. The number of carbonyl (C=O) groups is 1. The number of unbranched alkanes of at least 4 members (excludes halogenated alkanes) is 1. The summed E-state index contributed by atoms with van der Waals surface area (Å²) in [7, 11) is 1.49. The maximum atomic E-state index is 14.5. The van der Waals surface area contributed by atoms with Gasteiger partial charge in [-0.3, -0.25) is 9.78 Å². The predicted octanol–water partition coefficient (Wildman–Crippen LogP) is 4.71. The van der Waals surface area contributed by atoms with E-state index in [2.05, 4.69) is 20.3 Å². The van der Waals surface area contributed by atoms with Gasteiger partial charge in [-0.2, -0.15) is 0 Å². The molecule has 2 aromatic carbocycles. The van der Waals surface area contributed by atoms with Gasteiger partial charge < -0.3 is 15.8 Å². The number of nitrogens with one attached hydrogen (secondary N) is 1. The Labute approximate surface area is 195 Å². The van der Waals surface area contributed by atoms with Crippen LogP contribution in [-0.2, 0) is 4.79 Å². The third-order valence-corrected chi connectivity index (χ3v) is 5.29. The number of amides is 1. The second kappa shape index (κ2) is 10.2. The Morgan fingerprint density at radius 3 is 2.68 bits per heavy atom. The van der Waals surface area contributed by atoms with E-state index >= 15 is 0 Å². The lowest BCUT2D eigenvalue weighted by atomic mass is 10.0. The van der Waals surface area contributed by atoms with Gasteiger partial charge in [0.1, 0.15) is 28.7 Å². The molecule has 0 aliphatic rings. The molecule has 0 radical (unpaired) electrons. The number of pyridine rings is 1. The van der Waals surface area contributed by atoms with Crippen LogP contribution in [0, 0.1) is 11.6 Å². The molecule has 0 saturated carbocycles. The molecular formula is C25H23F2N5O2. The first-order valence-electron chi connectivity index (χ1n) is 10.7. The Kier molecular flexibility index (Phi) is 6.91. The van der Waals surface area contributed by atoms with E-state index < -0.39 is 11.6 Å². The summed E-state index contributed by atoms with van der Waals surface area (Å²) in [6.07, 6.45) is 4.92. The third kappa shape index (κ3) is 5.09. The largest absolute Gasteiger partial charge is 0.494 e. The summed E-state index contributed by atoms with van der Waals surface area (Å²) in [6.45, 7) is 0.521. The third-order valence-electron chi connectivity index (χ3n) is 5.29. The quantitative estimate of drug-likeness (QED) is 0.349. The van der Waals surface area contributed by atoms with Gasteiger partial charge in [0.15, 0.2) is 5.82 Å². The van der Waals surface area contributed by atoms with E-state index in [0.29, 0.717) is 65.2 Å². The van der Waals surface area contributed by atoms with Gasteiger partial charge in [-0.05, 0) is 60.9 Å². The number of ether oxygens (including phenoxy) is 1. The lowest BCUT2D eigenvalue weighted by Gasteiger charge is -2.15. The first-order valence-corrected chi connectivity index (χ1v) is 10.7. The number of nitrogens with two attached hydrogens (primary N) is 1. The maximum absolute atomic E-state index is 14.5. The minimum atomic E-state index is -0.559. The van der Waals surface area contributed by atoms with Crippen LogP contribution >= 0.6 is 0 Å². The number of primary amides is 1. The van der Waals surface area contributed by atoms with E-state index in [1.165, 1.54) is 7.11 Å². The second-order valence-corrected chi connectivity index (χ2v) is 7.69. The van der Waals surface area contributed by atoms with Crippen molar-refractivity contribution >= 4 is 22.6 Å². The average molecular weight is 463 g/mol. The average Bonchev–Trinajstić information content (AvgIpc) is 2.84. The van der Waals surface area contributed by atoms with Crippen molar-refractivity contribution in [3.05, 3.63) is 66.5 Å². The molecule has 0 unspecified atom stereocenters. The van der Waals surface area contributed by atoms with E-state index in [9.17, 15) is 13.6 Å². The Morgan fingerprint density at radius 1 is 1.09 bits per heavy atom. The fourth-order valence-corrected chi connectivity index (χ4v) is 3.62. The fraction of sp³-hybridized carbons (Fsp3) is 0.200. The van der Waals surface area contributed by atoms with Crippen LogP contribution in [0.15, 0.2) is 54.9 Å². The van der Waals surface area contributed by atoms with Crippen LogP contribution in [0.2, 0.25) is 0 Å². The SMILES string of the molecule is COc1cc(-c2cc(F)ccc2F)cc2c(NCCCCC(N)=O)nc(-c3cccnc3)nc12. The molecule has 0 spiro atoms. The summed E-state index contributed by atoms with van der Waals surface area (Å²) in [4.78, 5) is 24.5. The molecule has 0 atom stereocenters. The summed E-state index contributed by atoms with van der Waals surface area (Å²) in [5.74, 6) is -0.135. The number of anilines is 1. The molecule has 0 saturated heterocycles. The standard InChI is InChI=1S/C25H23F2N5O2/c1-34-21-12-16(18-13-17(26)7-8-20(18)27)11-19-23(21)31-24(15-5-4-9-29-14-15)32-25(19)30-10-3-2-6-22(28)33/h4-5,7-9,11-14H,2-3,6,10H2,1H3,(H2,28,33)(H,30,31,32). The molecule has 7 nitrogen and oxygen atoms in total. The zero-order valence-corrected chi connectivity index (χ0v) is 18.5. The maximum Gasteiger partial charge on any atom is 0.217 e. The number of hydrogen-bond donors (Lipinski definition) is 2. The van der Waals surface area contributed by atoms with Crippen LogP contribution in [0.1, 0.15) is 19.3 Å². The van der Waals surface area contributed by atoms with Gasteiger partial charge in [-0.15, -0.1) is 0 Å². The monoisotopic (exact) mass is 463 g/mol. The minimum Gasteiger partial charge on any atom is -0.494 e. The van der Waals surface area contributed by atoms with Crippen molar-refractivity contribution in [1.29, 1.82) is 0 Å². The molecule has 2 aromatic heterocycles. The van der Waals surface area contributed by atoms with E-state index in [-0.39, 0.29) is 11.5 Å². The Morgan fingerprint density at radius 2 is 1.94 bits per heavy atom. The van der Waals surface area contributed by atoms with Gasteiger partial charge in [-0.25, -0.2) is 18.7 Å². The number of carbonyl (C=O) groups excluding carboxylic acids is 1. The molecule has 2 heterocycles. The molecule has 4 rings (SSSR count). The highest BCUT2D eigenvalue weighted by Crippen LogP contribution is 2.36. The highest BCUT2D eigenvalue weighted by atomic mass is 19.1. The van der Waals surface area contributed by atoms with Crippen molar-refractivity contribution in [3.63, 3.8) is 0 Å². The summed E-state index contributed by atoms with van der Waals surface area (Å²) in [5, 5.41) is 3.86. The van der Waals surface area contributed by atoms with Crippen molar-refractivity contribution < 1.29 is 18.3 Å². The molecular weight excluding hydrogens is 440 g/mol. The van der Waals surface area contributed by atoms with Crippen LogP contribution in [0.3, 0.4) is 0 Å². The van der Waals surface area contributed by atoms with Gasteiger partial charge in [0.05, 0.1) is 7.11 Å². The summed E-state index contributed by atoms with van der Waals surface area (Å²) in [6, 6.07) is 10.2. The van der Waals surface area contributed by atoms with Gasteiger partial charge in [0.25, 0.3) is 0 Å². The summed E-state index contributed by atoms with van der Waals surface area (Å²) >= 11 is 0. The van der Waals surface area contributed by atoms with Crippen LogP contribution < -0.4 is 15.8 Å². The second-order valence-electron chi connectivity index (χ2n) is 7.69. The van der Waals surface area contributed by atoms with E-state index in [1.807, 2.05) is 6.07 Å². The molecule has 1 amide bonds. The molecule has 0 aliphatic carbocycles. The number of halogens is 2. The summed E-state index contributed by atoms with van der Waals surface area (Å²) < 4.78 is 34.0. The van der Waals surface area contributed by atoms with E-state index in [1.54, 1.807) is 30.6 Å². The summed E-state index contributed by atoms with van der Waals surface area (Å²) in [5.41, 5.74) is 6.96. The Balaban J connectivity index is 1.83. The number of hydrogen-bond acceptors (Lipinski definition) is 6. The number of nitrogens with zero attached hydrogens (tertiary/aromatic N) is 3. The Hall–Kier alpha value is -4.14. The van der Waals surface area contributed by atoms with Gasteiger partial charge in [0.2, 0.25) is 5.91 Å². The zero-order chi connectivity index (χ0) is 24.1. The first kappa shape index (κ1) is 23.0. The molecule has 9 heteroatoms. The smallest absolute Gasteiger partial charge is 0.217 e. The normalized spacial score (nSPS) is 10.9. The number of benzene rings is 2. The number of fused-ring (bicyclic) bond motifs is 1. The van der Waals surface area contributed by atoms with Crippen molar-refractivity contribution in [2.75, 3.05) is 19.0 Å². The number of methoxy groups -OCH3 is 1. The molecule has 0 fully saturated rings. The van der Waals surface area contributed by atoms with E-state index in [4.69, 9.17) is 10.5 Å². The fourth-order valence-electron chi connectivity index (χ4n) is 3.62. The predicted molar refractivity (Wildman–Crippen MR) is 126 cm³/mol. The van der Waals surface area contributed by atoms with Gasteiger partial charge in [-0.1, -0.05) is 0 Å². The molecule has 34 heavy (non-hydrogen) atoms. The minimum absolute atomic E-state index is 0.101. The first-order chi connectivity index (χ1) is 16.5. The lowest BCUT2D eigenvalue weighted by Crippen LogP contribution is -2.11. The van der Waals surface area contributed by atoms with Crippen LogP contribution in [0.4, 0.5) is 14.6 Å². The van der Waals surface area contributed by atoms with Gasteiger partial charge >= 0.3 is 0 Å². The lowest BCUT2D eigenvalue weighted by molar-refractivity contribution is -0.118. The van der Waals surface area contributed by atoms with Gasteiger partial charge in [0, 0.05) is 41.9 Å². The Bertz CT molecular complexity index is 1330. The molecule has 0 bridgehead atoms. The molecule has 174 valence electrons. The molecule has 3 N–H and O–H groups in total. The van der Waals surface area contributed by atoms with Crippen LogP contribution in [0.25, 0.3) is 33.4 Å². The van der Waals surface area contributed by atoms with Crippen molar-refractivity contribution in [3.8, 4) is 28.3 Å². The highest BCUT2D eigenvalue weighted by Gasteiger charge is 2.17. The van der Waals surface area contributed by atoms with Crippen molar-refractivity contribution in [2.45, 2.75) is 19.3 Å². The van der Waals surface area contributed by atoms with Crippen molar-refractivity contribution in [2.24, 2.45) is 5.73 Å².